The third-order valence-corrected chi connectivity index (χ3v) is 4.38. The SMILES string of the molecule is Clc1cccc(C(CBr)CCCc2ccccc2)c1. The highest BCUT2D eigenvalue weighted by molar-refractivity contribution is 9.09. The summed E-state index contributed by atoms with van der Waals surface area (Å²) in [5.41, 5.74) is 2.75. The van der Waals surface area contributed by atoms with E-state index in [9.17, 15) is 0 Å². The molecule has 2 heteroatoms. The van der Waals surface area contributed by atoms with Crippen LogP contribution in [0.2, 0.25) is 5.02 Å². The molecule has 19 heavy (non-hydrogen) atoms. The first-order chi connectivity index (χ1) is 9.29. The molecule has 0 spiro atoms. The molecule has 1 unspecified atom stereocenters. The van der Waals surface area contributed by atoms with Crippen LogP contribution in [-0.4, -0.2) is 5.33 Å². The molecule has 2 aromatic carbocycles. The number of hydrogen-bond donors (Lipinski definition) is 0. The van der Waals surface area contributed by atoms with Gasteiger partial charge >= 0.3 is 0 Å². The maximum Gasteiger partial charge on any atom is 0.0408 e. The molecule has 0 bridgehead atoms. The summed E-state index contributed by atoms with van der Waals surface area (Å²) >= 11 is 9.68. The topological polar surface area (TPSA) is 0 Å². The minimum absolute atomic E-state index is 0.544. The molecule has 0 saturated heterocycles. The second-order valence-corrected chi connectivity index (χ2v) is 5.87. The Labute approximate surface area is 128 Å². The fraction of sp³-hybridized carbons (Fsp3) is 0.294. The quantitative estimate of drug-likeness (QED) is 0.581. The maximum absolute atomic E-state index is 6.06. The second-order valence-electron chi connectivity index (χ2n) is 4.78. The van der Waals surface area contributed by atoms with Crippen LogP contribution >= 0.6 is 27.5 Å². The van der Waals surface area contributed by atoms with Crippen LogP contribution in [0.3, 0.4) is 0 Å². The summed E-state index contributed by atoms with van der Waals surface area (Å²) in [6.45, 7) is 0. The van der Waals surface area contributed by atoms with Gasteiger partial charge in [0.05, 0.1) is 0 Å². The van der Waals surface area contributed by atoms with Gasteiger partial charge in [-0.1, -0.05) is 70.0 Å². The van der Waals surface area contributed by atoms with Crippen LogP contribution in [-0.2, 0) is 6.42 Å². The number of benzene rings is 2. The summed E-state index contributed by atoms with van der Waals surface area (Å²) in [5.74, 6) is 0.544. The monoisotopic (exact) mass is 336 g/mol. The van der Waals surface area contributed by atoms with E-state index in [-0.39, 0.29) is 0 Å². The lowest BCUT2D eigenvalue weighted by atomic mass is 9.94. The zero-order chi connectivity index (χ0) is 13.5. The Morgan fingerprint density at radius 3 is 2.47 bits per heavy atom. The van der Waals surface area contributed by atoms with Crippen molar-refractivity contribution < 1.29 is 0 Å². The van der Waals surface area contributed by atoms with E-state index < -0.39 is 0 Å². The van der Waals surface area contributed by atoms with E-state index in [4.69, 9.17) is 11.6 Å². The molecule has 0 aliphatic carbocycles. The first-order valence-electron chi connectivity index (χ1n) is 6.65. The molecule has 0 radical (unpaired) electrons. The number of alkyl halides is 1. The molecule has 0 fully saturated rings. The molecule has 0 nitrogen and oxygen atoms in total. The minimum atomic E-state index is 0.544. The molecule has 1 atom stereocenters. The van der Waals surface area contributed by atoms with E-state index in [1.165, 1.54) is 24.0 Å². The fourth-order valence-corrected chi connectivity index (χ4v) is 3.19. The minimum Gasteiger partial charge on any atom is -0.0921 e. The van der Waals surface area contributed by atoms with E-state index >= 15 is 0 Å². The molecule has 0 aromatic heterocycles. The van der Waals surface area contributed by atoms with Crippen molar-refractivity contribution in [3.63, 3.8) is 0 Å². The lowest BCUT2D eigenvalue weighted by molar-refractivity contribution is 0.643. The Kier molecular flexibility index (Phi) is 5.93. The molecule has 0 aliphatic rings. The smallest absolute Gasteiger partial charge is 0.0408 e. The lowest BCUT2D eigenvalue weighted by Crippen LogP contribution is -2.01. The van der Waals surface area contributed by atoms with Crippen molar-refractivity contribution in [3.8, 4) is 0 Å². The molecule has 0 aliphatic heterocycles. The Balaban J connectivity index is 1.89. The highest BCUT2D eigenvalue weighted by Gasteiger charge is 2.10. The second kappa shape index (κ2) is 7.72. The van der Waals surface area contributed by atoms with E-state index in [2.05, 4.69) is 58.4 Å². The summed E-state index contributed by atoms with van der Waals surface area (Å²) in [5, 5.41) is 1.81. The van der Waals surface area contributed by atoms with Gasteiger partial charge in [0.2, 0.25) is 0 Å². The van der Waals surface area contributed by atoms with Gasteiger partial charge in [0, 0.05) is 10.4 Å². The number of halogens is 2. The molecule has 100 valence electrons. The van der Waals surface area contributed by atoms with Gasteiger partial charge in [-0.05, 0) is 48.4 Å². The summed E-state index contributed by atoms with van der Waals surface area (Å²) in [6, 6.07) is 18.9. The summed E-state index contributed by atoms with van der Waals surface area (Å²) in [7, 11) is 0. The lowest BCUT2D eigenvalue weighted by Gasteiger charge is -2.14. The molecule has 2 aromatic rings. The van der Waals surface area contributed by atoms with Gasteiger partial charge in [0.1, 0.15) is 0 Å². The molecule has 2 rings (SSSR count). The summed E-state index contributed by atoms with van der Waals surface area (Å²) in [4.78, 5) is 0. The number of aryl methyl sites for hydroxylation is 1. The van der Waals surface area contributed by atoms with E-state index in [1.807, 2.05) is 12.1 Å². The van der Waals surface area contributed by atoms with Crippen molar-refractivity contribution in [1.29, 1.82) is 0 Å². The average Bonchev–Trinajstić information content (AvgIpc) is 2.45. The molecule has 0 amide bonds. The largest absolute Gasteiger partial charge is 0.0921 e. The van der Waals surface area contributed by atoms with Gasteiger partial charge in [-0.15, -0.1) is 0 Å². The fourth-order valence-electron chi connectivity index (χ4n) is 2.29. The molecular formula is C17H18BrCl. The third-order valence-electron chi connectivity index (χ3n) is 3.37. The predicted molar refractivity (Wildman–Crippen MR) is 87.4 cm³/mol. The van der Waals surface area contributed by atoms with Gasteiger partial charge in [-0.25, -0.2) is 0 Å². The van der Waals surface area contributed by atoms with Gasteiger partial charge in [-0.3, -0.25) is 0 Å². The van der Waals surface area contributed by atoms with Crippen LogP contribution in [0.15, 0.2) is 54.6 Å². The first-order valence-corrected chi connectivity index (χ1v) is 8.15. The number of hydrogen-bond acceptors (Lipinski definition) is 0. The molecule has 0 saturated carbocycles. The van der Waals surface area contributed by atoms with E-state index in [1.54, 1.807) is 0 Å². The maximum atomic E-state index is 6.06. The van der Waals surface area contributed by atoms with Gasteiger partial charge in [0.15, 0.2) is 0 Å². The van der Waals surface area contributed by atoms with E-state index in [0.717, 1.165) is 16.8 Å². The zero-order valence-electron chi connectivity index (χ0n) is 10.9. The first kappa shape index (κ1) is 14.6. The van der Waals surface area contributed by atoms with Crippen molar-refractivity contribution in [2.45, 2.75) is 25.2 Å². The highest BCUT2D eigenvalue weighted by Crippen LogP contribution is 2.26. The van der Waals surface area contributed by atoms with Crippen LogP contribution in [0.1, 0.15) is 29.9 Å². The van der Waals surface area contributed by atoms with E-state index in [0.29, 0.717) is 5.92 Å². The highest BCUT2D eigenvalue weighted by atomic mass is 79.9. The average molecular weight is 338 g/mol. The predicted octanol–water partition coefficient (Wildman–Crippen LogP) is 5.84. The summed E-state index contributed by atoms with van der Waals surface area (Å²) < 4.78 is 0. The van der Waals surface area contributed by atoms with Gasteiger partial charge in [0.25, 0.3) is 0 Å². The van der Waals surface area contributed by atoms with Crippen molar-refractivity contribution in [3.05, 3.63) is 70.7 Å². The van der Waals surface area contributed by atoms with Crippen LogP contribution in [0.4, 0.5) is 0 Å². The van der Waals surface area contributed by atoms with Crippen molar-refractivity contribution in [1.82, 2.24) is 0 Å². The Bertz CT molecular complexity index is 496. The van der Waals surface area contributed by atoms with Crippen molar-refractivity contribution in [2.24, 2.45) is 0 Å². The van der Waals surface area contributed by atoms with Crippen LogP contribution in [0, 0.1) is 0 Å². The Morgan fingerprint density at radius 1 is 1.00 bits per heavy atom. The zero-order valence-corrected chi connectivity index (χ0v) is 13.2. The standard InChI is InChI=1S/C17H18BrCl/c18-13-16(15-9-5-11-17(19)12-15)10-4-8-14-6-2-1-3-7-14/h1-3,5-7,9,11-12,16H,4,8,10,13H2. The van der Waals surface area contributed by atoms with Gasteiger partial charge in [-0.2, -0.15) is 0 Å². The molecule has 0 N–H and O–H groups in total. The number of rotatable bonds is 6. The Morgan fingerprint density at radius 2 is 1.79 bits per heavy atom. The van der Waals surface area contributed by atoms with Crippen molar-refractivity contribution >= 4 is 27.5 Å². The van der Waals surface area contributed by atoms with Crippen LogP contribution in [0.5, 0.6) is 0 Å². The van der Waals surface area contributed by atoms with Crippen LogP contribution < -0.4 is 0 Å². The summed E-state index contributed by atoms with van der Waals surface area (Å²) in [6.07, 6.45) is 3.53. The third kappa shape index (κ3) is 4.67. The van der Waals surface area contributed by atoms with Crippen molar-refractivity contribution in [2.75, 3.05) is 5.33 Å². The molecule has 0 heterocycles. The van der Waals surface area contributed by atoms with Crippen LogP contribution in [0.25, 0.3) is 0 Å². The Hall–Kier alpha value is -0.790. The molecular weight excluding hydrogens is 320 g/mol. The normalized spacial score (nSPS) is 12.3. The van der Waals surface area contributed by atoms with Gasteiger partial charge < -0.3 is 0 Å².